The summed E-state index contributed by atoms with van der Waals surface area (Å²) in [5, 5.41) is 0. The summed E-state index contributed by atoms with van der Waals surface area (Å²) in [7, 11) is 0. The van der Waals surface area contributed by atoms with E-state index in [1.54, 1.807) is 0 Å². The van der Waals surface area contributed by atoms with Gasteiger partial charge in [0.1, 0.15) is 11.5 Å². The molecule has 1 unspecified atom stereocenters. The van der Waals surface area contributed by atoms with Crippen molar-refractivity contribution in [3.8, 4) is 22.6 Å². The van der Waals surface area contributed by atoms with Crippen molar-refractivity contribution in [3.63, 3.8) is 0 Å². The normalized spacial score (nSPS) is 16.7. The van der Waals surface area contributed by atoms with Crippen LogP contribution in [0.25, 0.3) is 11.1 Å². The van der Waals surface area contributed by atoms with Crippen LogP contribution < -0.4 is 9.47 Å². The van der Waals surface area contributed by atoms with Crippen LogP contribution in [0.15, 0.2) is 48.5 Å². The van der Waals surface area contributed by atoms with Gasteiger partial charge in [0.2, 0.25) is 0 Å². The minimum absolute atomic E-state index is 0.0947. The van der Waals surface area contributed by atoms with Crippen LogP contribution in [-0.4, -0.2) is 19.5 Å². The molecule has 1 atom stereocenters. The fourth-order valence-corrected chi connectivity index (χ4v) is 3.50. The Kier molecular flexibility index (Phi) is 8.70. The Labute approximate surface area is 170 Å². The third-order valence-corrected chi connectivity index (χ3v) is 5.21. The van der Waals surface area contributed by atoms with E-state index in [9.17, 15) is 0 Å². The lowest BCUT2D eigenvalue weighted by molar-refractivity contribution is -0.105. The second-order valence-corrected chi connectivity index (χ2v) is 7.58. The van der Waals surface area contributed by atoms with Crippen molar-refractivity contribution in [2.75, 3.05) is 13.2 Å². The summed E-state index contributed by atoms with van der Waals surface area (Å²) in [6.07, 6.45) is 10.9. The van der Waals surface area contributed by atoms with Gasteiger partial charge >= 0.3 is 0 Å². The molecular formula is C25H34O3. The quantitative estimate of drug-likeness (QED) is 0.392. The van der Waals surface area contributed by atoms with Gasteiger partial charge in [-0.25, -0.2) is 0 Å². The van der Waals surface area contributed by atoms with E-state index in [1.165, 1.54) is 49.7 Å². The largest absolute Gasteiger partial charge is 0.494 e. The van der Waals surface area contributed by atoms with Crippen LogP contribution in [0.1, 0.15) is 64.7 Å². The topological polar surface area (TPSA) is 27.7 Å². The summed E-state index contributed by atoms with van der Waals surface area (Å²) in [5.74, 6) is 1.82. The van der Waals surface area contributed by atoms with E-state index >= 15 is 0 Å². The maximum Gasteiger partial charge on any atom is 0.199 e. The van der Waals surface area contributed by atoms with Gasteiger partial charge < -0.3 is 14.2 Å². The highest BCUT2D eigenvalue weighted by atomic mass is 16.7. The summed E-state index contributed by atoms with van der Waals surface area (Å²) < 4.78 is 17.4. The average molecular weight is 383 g/mol. The van der Waals surface area contributed by atoms with Gasteiger partial charge in [-0.1, -0.05) is 63.3 Å². The molecule has 0 aliphatic carbocycles. The SMILES string of the molecule is CCCCCCCCOc1ccc(-c2ccc(OC3CCCCO3)cc2)cc1. The molecule has 2 aromatic rings. The van der Waals surface area contributed by atoms with Crippen LogP contribution >= 0.6 is 0 Å². The fourth-order valence-electron chi connectivity index (χ4n) is 3.50. The van der Waals surface area contributed by atoms with Crippen molar-refractivity contribution < 1.29 is 14.2 Å². The van der Waals surface area contributed by atoms with E-state index in [1.807, 2.05) is 12.1 Å². The predicted molar refractivity (Wildman–Crippen MR) is 115 cm³/mol. The molecule has 1 heterocycles. The smallest absolute Gasteiger partial charge is 0.199 e. The van der Waals surface area contributed by atoms with Crippen LogP contribution in [0.4, 0.5) is 0 Å². The Morgan fingerprint density at radius 2 is 1.43 bits per heavy atom. The Balaban J connectivity index is 1.42. The first-order valence-electron chi connectivity index (χ1n) is 11.0. The van der Waals surface area contributed by atoms with Crippen molar-refractivity contribution in [1.82, 2.24) is 0 Å². The molecule has 0 N–H and O–H groups in total. The lowest BCUT2D eigenvalue weighted by Crippen LogP contribution is -2.24. The minimum Gasteiger partial charge on any atom is -0.494 e. The Bertz CT molecular complexity index is 657. The van der Waals surface area contributed by atoms with Crippen LogP contribution in [0.5, 0.6) is 11.5 Å². The molecule has 3 nitrogen and oxygen atoms in total. The van der Waals surface area contributed by atoms with Crippen molar-refractivity contribution in [3.05, 3.63) is 48.5 Å². The molecule has 0 spiro atoms. The summed E-state index contributed by atoms with van der Waals surface area (Å²) in [4.78, 5) is 0. The number of unbranched alkanes of at least 4 members (excludes halogenated alkanes) is 5. The number of hydrogen-bond donors (Lipinski definition) is 0. The summed E-state index contributed by atoms with van der Waals surface area (Å²) in [5.41, 5.74) is 2.37. The number of benzene rings is 2. The molecule has 0 bridgehead atoms. The maximum atomic E-state index is 5.91. The molecule has 1 aliphatic heterocycles. The van der Waals surface area contributed by atoms with Crippen molar-refractivity contribution >= 4 is 0 Å². The third kappa shape index (κ3) is 6.87. The molecule has 0 amide bonds. The second-order valence-electron chi connectivity index (χ2n) is 7.58. The summed E-state index contributed by atoms with van der Waals surface area (Å²) in [6.45, 7) is 3.86. The van der Waals surface area contributed by atoms with E-state index < -0.39 is 0 Å². The highest BCUT2D eigenvalue weighted by molar-refractivity contribution is 5.64. The van der Waals surface area contributed by atoms with E-state index in [0.717, 1.165) is 44.0 Å². The average Bonchev–Trinajstić information content (AvgIpc) is 2.75. The molecule has 1 aliphatic rings. The van der Waals surface area contributed by atoms with Gasteiger partial charge in [-0.2, -0.15) is 0 Å². The summed E-state index contributed by atoms with van der Waals surface area (Å²) in [6, 6.07) is 16.6. The highest BCUT2D eigenvalue weighted by Crippen LogP contribution is 2.26. The molecule has 0 aromatic heterocycles. The van der Waals surface area contributed by atoms with Crippen LogP contribution in [0.3, 0.4) is 0 Å². The molecule has 0 radical (unpaired) electrons. The van der Waals surface area contributed by atoms with E-state index in [0.29, 0.717) is 0 Å². The van der Waals surface area contributed by atoms with Gasteiger partial charge in [0, 0.05) is 6.42 Å². The third-order valence-electron chi connectivity index (χ3n) is 5.21. The van der Waals surface area contributed by atoms with E-state index in [4.69, 9.17) is 14.2 Å². The van der Waals surface area contributed by atoms with E-state index in [2.05, 4.69) is 43.3 Å². The first kappa shape index (κ1) is 20.7. The second kappa shape index (κ2) is 11.8. The monoisotopic (exact) mass is 382 g/mol. The molecule has 1 fully saturated rings. The zero-order valence-electron chi connectivity index (χ0n) is 17.2. The van der Waals surface area contributed by atoms with Gasteiger partial charge in [-0.15, -0.1) is 0 Å². The van der Waals surface area contributed by atoms with Gasteiger partial charge in [-0.3, -0.25) is 0 Å². The van der Waals surface area contributed by atoms with Gasteiger partial charge in [0.15, 0.2) is 6.29 Å². The molecule has 2 aromatic carbocycles. The van der Waals surface area contributed by atoms with Gasteiger partial charge in [-0.05, 0) is 54.7 Å². The molecule has 3 heteroatoms. The van der Waals surface area contributed by atoms with Gasteiger partial charge in [0.25, 0.3) is 0 Å². The van der Waals surface area contributed by atoms with Crippen LogP contribution in [-0.2, 0) is 4.74 Å². The highest BCUT2D eigenvalue weighted by Gasteiger charge is 2.15. The van der Waals surface area contributed by atoms with Gasteiger partial charge in [0.05, 0.1) is 13.2 Å². The molecule has 28 heavy (non-hydrogen) atoms. The lowest BCUT2D eigenvalue weighted by atomic mass is 10.1. The Morgan fingerprint density at radius 1 is 0.786 bits per heavy atom. The van der Waals surface area contributed by atoms with Crippen LogP contribution in [0.2, 0.25) is 0 Å². The number of hydrogen-bond acceptors (Lipinski definition) is 3. The molecule has 3 rings (SSSR count). The molecule has 152 valence electrons. The minimum atomic E-state index is -0.0947. The Hall–Kier alpha value is -2.00. The van der Waals surface area contributed by atoms with Crippen molar-refractivity contribution in [2.45, 2.75) is 71.0 Å². The zero-order valence-corrected chi connectivity index (χ0v) is 17.2. The predicted octanol–water partition coefficient (Wildman–Crippen LogP) is 7.00. The zero-order chi connectivity index (χ0) is 19.4. The van der Waals surface area contributed by atoms with E-state index in [-0.39, 0.29) is 6.29 Å². The maximum absolute atomic E-state index is 5.91. The first-order chi connectivity index (χ1) is 13.8. The molecule has 0 saturated carbocycles. The van der Waals surface area contributed by atoms with Crippen molar-refractivity contribution in [2.24, 2.45) is 0 Å². The standard InChI is InChI=1S/C25H34O3/c1-2-3-4-5-6-8-19-26-23-15-11-21(12-16-23)22-13-17-24(18-14-22)28-25-10-7-9-20-27-25/h11-18,25H,2-10,19-20H2,1H3. The fraction of sp³-hybridized carbons (Fsp3) is 0.520. The van der Waals surface area contributed by atoms with Crippen molar-refractivity contribution in [1.29, 1.82) is 0 Å². The first-order valence-corrected chi connectivity index (χ1v) is 11.0. The lowest BCUT2D eigenvalue weighted by Gasteiger charge is -2.23. The number of ether oxygens (including phenoxy) is 3. The molecule has 1 saturated heterocycles. The number of rotatable bonds is 11. The van der Waals surface area contributed by atoms with Crippen LogP contribution in [0, 0.1) is 0 Å². The summed E-state index contributed by atoms with van der Waals surface area (Å²) >= 11 is 0. The Morgan fingerprint density at radius 3 is 2.07 bits per heavy atom. The molecular weight excluding hydrogens is 348 g/mol.